The lowest BCUT2D eigenvalue weighted by molar-refractivity contribution is 1.29. The molecule has 0 spiro atoms. The first-order valence-corrected chi connectivity index (χ1v) is 17.8. The number of hydrogen-bond acceptors (Lipinski definition) is 2. The van der Waals surface area contributed by atoms with Gasteiger partial charge in [-0.2, -0.15) is 0 Å². The van der Waals surface area contributed by atoms with Crippen LogP contribution in [0.15, 0.2) is 218 Å². The summed E-state index contributed by atoms with van der Waals surface area (Å²) < 4.78 is 0. The zero-order chi connectivity index (χ0) is 34.7. The Labute approximate surface area is 305 Å². The summed E-state index contributed by atoms with van der Waals surface area (Å²) in [6.45, 7) is 0. The number of anilines is 6. The van der Waals surface area contributed by atoms with Crippen molar-refractivity contribution in [2.45, 2.75) is 0 Å². The molecule has 0 unspecified atom stereocenters. The van der Waals surface area contributed by atoms with Gasteiger partial charge < -0.3 is 9.80 Å². The zero-order valence-electron chi connectivity index (χ0n) is 28.7. The minimum atomic E-state index is 1.12. The van der Waals surface area contributed by atoms with E-state index in [1.807, 2.05) is 0 Å². The highest BCUT2D eigenvalue weighted by molar-refractivity contribution is 6.02. The third-order valence-corrected chi connectivity index (χ3v) is 9.84. The van der Waals surface area contributed by atoms with E-state index in [-0.39, 0.29) is 0 Å². The van der Waals surface area contributed by atoms with E-state index in [2.05, 4.69) is 228 Å². The van der Waals surface area contributed by atoms with Crippen molar-refractivity contribution in [2.24, 2.45) is 0 Å². The average Bonchev–Trinajstić information content (AvgIpc) is 3.23. The van der Waals surface area contributed by atoms with Gasteiger partial charge in [0.15, 0.2) is 0 Å². The molecule has 0 radical (unpaired) electrons. The van der Waals surface area contributed by atoms with Crippen molar-refractivity contribution in [1.82, 2.24) is 0 Å². The minimum absolute atomic E-state index is 1.12. The van der Waals surface area contributed by atoms with Crippen molar-refractivity contribution in [3.05, 3.63) is 218 Å². The monoisotopic (exact) mass is 664 g/mol. The van der Waals surface area contributed by atoms with Crippen molar-refractivity contribution < 1.29 is 0 Å². The van der Waals surface area contributed by atoms with E-state index in [4.69, 9.17) is 0 Å². The molecule has 9 aromatic rings. The summed E-state index contributed by atoms with van der Waals surface area (Å²) in [6.07, 6.45) is 0. The first-order valence-electron chi connectivity index (χ1n) is 17.8. The van der Waals surface area contributed by atoms with E-state index in [0.717, 1.165) is 45.3 Å². The second-order valence-corrected chi connectivity index (χ2v) is 13.0. The Bertz CT molecular complexity index is 2430. The van der Waals surface area contributed by atoms with Crippen molar-refractivity contribution in [3.8, 4) is 22.3 Å². The van der Waals surface area contributed by atoms with Gasteiger partial charge in [-0.1, -0.05) is 170 Å². The molecule has 9 rings (SSSR count). The van der Waals surface area contributed by atoms with E-state index in [1.165, 1.54) is 32.7 Å². The molecule has 246 valence electrons. The molecule has 52 heavy (non-hydrogen) atoms. The predicted octanol–water partition coefficient (Wildman–Crippen LogP) is 14.3. The van der Waals surface area contributed by atoms with Gasteiger partial charge in [0.1, 0.15) is 0 Å². The van der Waals surface area contributed by atoms with E-state index in [1.54, 1.807) is 0 Å². The Morgan fingerprint density at radius 2 is 0.558 bits per heavy atom. The third-order valence-electron chi connectivity index (χ3n) is 9.84. The van der Waals surface area contributed by atoms with Gasteiger partial charge in [-0.05, 0) is 70.4 Å². The largest absolute Gasteiger partial charge is 0.309 e. The summed E-state index contributed by atoms with van der Waals surface area (Å²) in [5, 5.41) is 4.86. The van der Waals surface area contributed by atoms with Gasteiger partial charge in [-0.3, -0.25) is 0 Å². The molecule has 0 amide bonds. The van der Waals surface area contributed by atoms with E-state index in [9.17, 15) is 0 Å². The van der Waals surface area contributed by atoms with Crippen LogP contribution in [0.4, 0.5) is 34.1 Å². The second-order valence-electron chi connectivity index (χ2n) is 13.0. The van der Waals surface area contributed by atoms with E-state index in [0.29, 0.717) is 0 Å². The van der Waals surface area contributed by atoms with Crippen LogP contribution < -0.4 is 9.80 Å². The highest BCUT2D eigenvalue weighted by Crippen LogP contribution is 2.45. The smallest absolute Gasteiger partial charge is 0.0540 e. The van der Waals surface area contributed by atoms with Gasteiger partial charge in [-0.15, -0.1) is 0 Å². The molecule has 0 fully saturated rings. The van der Waals surface area contributed by atoms with Crippen LogP contribution in [0.25, 0.3) is 43.8 Å². The number of hydrogen-bond donors (Lipinski definition) is 0. The fraction of sp³-hybridized carbons (Fsp3) is 0. The molecule has 0 aliphatic carbocycles. The molecule has 0 aromatic heterocycles. The summed E-state index contributed by atoms with van der Waals surface area (Å²) >= 11 is 0. The molecule has 2 heteroatoms. The quantitative estimate of drug-likeness (QED) is 0.159. The summed E-state index contributed by atoms with van der Waals surface area (Å²) in [6, 6.07) is 78.2. The van der Waals surface area contributed by atoms with Crippen molar-refractivity contribution in [3.63, 3.8) is 0 Å². The lowest BCUT2D eigenvalue weighted by Crippen LogP contribution is -2.12. The fourth-order valence-corrected chi connectivity index (χ4v) is 7.43. The van der Waals surface area contributed by atoms with Crippen LogP contribution >= 0.6 is 0 Å². The number of para-hydroxylation sites is 4. The van der Waals surface area contributed by atoms with Crippen LogP contribution in [0.3, 0.4) is 0 Å². The molecule has 0 aliphatic rings. The first kappa shape index (κ1) is 31.1. The van der Waals surface area contributed by atoms with Crippen LogP contribution in [0.2, 0.25) is 0 Å². The lowest BCUT2D eigenvalue weighted by Gasteiger charge is -2.29. The molecule has 2 nitrogen and oxygen atoms in total. The number of benzene rings is 9. The number of rotatable bonds is 8. The van der Waals surface area contributed by atoms with Gasteiger partial charge in [0, 0.05) is 33.3 Å². The summed E-state index contributed by atoms with van der Waals surface area (Å²) in [5.41, 5.74) is 11.4. The Morgan fingerprint density at radius 1 is 0.231 bits per heavy atom. The maximum absolute atomic E-state index is 2.39. The van der Waals surface area contributed by atoms with Gasteiger partial charge in [0.05, 0.1) is 22.7 Å². The Kier molecular flexibility index (Phi) is 8.24. The number of fused-ring (bicyclic) bond motifs is 2. The third kappa shape index (κ3) is 5.77. The van der Waals surface area contributed by atoms with Gasteiger partial charge in [0.25, 0.3) is 0 Å². The number of nitrogens with zero attached hydrogens (tertiary/aromatic N) is 2. The highest BCUT2D eigenvalue weighted by Gasteiger charge is 2.21. The summed E-state index contributed by atoms with van der Waals surface area (Å²) in [5.74, 6) is 0. The maximum Gasteiger partial charge on any atom is 0.0540 e. The Balaban J connectivity index is 1.16. The van der Waals surface area contributed by atoms with Crippen molar-refractivity contribution >= 4 is 55.7 Å². The van der Waals surface area contributed by atoms with Crippen molar-refractivity contribution in [2.75, 3.05) is 9.80 Å². The van der Waals surface area contributed by atoms with Crippen LogP contribution in [0.5, 0.6) is 0 Å². The first-order chi connectivity index (χ1) is 25.8. The van der Waals surface area contributed by atoms with Gasteiger partial charge in [0.2, 0.25) is 0 Å². The highest BCUT2D eigenvalue weighted by atomic mass is 15.2. The molecule has 0 heterocycles. The van der Waals surface area contributed by atoms with Gasteiger partial charge in [-0.25, -0.2) is 0 Å². The second kappa shape index (κ2) is 13.8. The molecular formula is C50H36N2. The summed E-state index contributed by atoms with van der Waals surface area (Å²) in [4.78, 5) is 4.78. The fourth-order valence-electron chi connectivity index (χ4n) is 7.43. The van der Waals surface area contributed by atoms with Crippen LogP contribution in [0.1, 0.15) is 0 Å². The molecule has 0 bridgehead atoms. The molecule has 9 aromatic carbocycles. The molecule has 0 atom stereocenters. The van der Waals surface area contributed by atoms with Crippen LogP contribution in [-0.4, -0.2) is 0 Å². The normalized spacial score (nSPS) is 11.1. The molecule has 0 N–H and O–H groups in total. The lowest BCUT2D eigenvalue weighted by atomic mass is 9.96. The van der Waals surface area contributed by atoms with E-state index >= 15 is 0 Å². The zero-order valence-corrected chi connectivity index (χ0v) is 28.7. The summed E-state index contributed by atoms with van der Waals surface area (Å²) in [7, 11) is 0. The SMILES string of the molecule is c1ccc(N(c2ccccc2-c2ccc(-c3ccccc3N(c3ccccc3)c3cccc4ccccc34)cc2)c2cccc3ccccc23)cc1. The van der Waals surface area contributed by atoms with Crippen LogP contribution in [0, 0.1) is 0 Å². The Hall–Kier alpha value is -6.90. The molecule has 0 saturated heterocycles. The topological polar surface area (TPSA) is 6.48 Å². The average molecular weight is 665 g/mol. The standard InChI is InChI=1S/C50H36N2/c1-3-21-41(22-4-1)51(49-31-15-19-37-17-7-9-25-43(37)49)47-29-13-11-27-45(47)39-33-35-40(36-34-39)46-28-12-14-30-48(46)52(42-23-5-2-6-24-42)50-32-16-20-38-18-8-10-26-44(38)50/h1-36H. The molecular weight excluding hydrogens is 629 g/mol. The predicted molar refractivity (Wildman–Crippen MR) is 222 cm³/mol. The van der Waals surface area contributed by atoms with E-state index < -0.39 is 0 Å². The maximum atomic E-state index is 2.39. The molecule has 0 aliphatic heterocycles. The van der Waals surface area contributed by atoms with Crippen LogP contribution in [-0.2, 0) is 0 Å². The van der Waals surface area contributed by atoms with Gasteiger partial charge >= 0.3 is 0 Å². The van der Waals surface area contributed by atoms with Crippen molar-refractivity contribution in [1.29, 1.82) is 0 Å². The minimum Gasteiger partial charge on any atom is -0.309 e. The molecule has 0 saturated carbocycles. The Morgan fingerprint density at radius 3 is 1.00 bits per heavy atom.